The van der Waals surface area contributed by atoms with E-state index in [-0.39, 0.29) is 0 Å². The van der Waals surface area contributed by atoms with Crippen molar-refractivity contribution in [3.05, 3.63) is 12.4 Å². The Morgan fingerprint density at radius 1 is 1.67 bits per heavy atom. The molecule has 0 saturated carbocycles. The lowest BCUT2D eigenvalue weighted by molar-refractivity contribution is 0.768. The highest BCUT2D eigenvalue weighted by Gasteiger charge is 1.92. The fourth-order valence-corrected chi connectivity index (χ4v) is 1.46. The van der Waals surface area contributed by atoms with Gasteiger partial charge >= 0.3 is 0 Å². The van der Waals surface area contributed by atoms with Crippen molar-refractivity contribution in [3.63, 3.8) is 0 Å². The molecule has 0 fully saturated rings. The number of aromatic nitrogens is 2. The minimum Gasteiger partial charge on any atom is -0.382 e. The Bertz CT molecular complexity index is 222. The van der Waals surface area contributed by atoms with Gasteiger partial charge in [-0.1, -0.05) is 6.92 Å². The number of hydrogen-bond acceptors (Lipinski definition) is 3. The lowest BCUT2D eigenvalue weighted by Crippen LogP contribution is -2.03. The summed E-state index contributed by atoms with van der Waals surface area (Å²) >= 11 is 1.94. The van der Waals surface area contributed by atoms with Crippen LogP contribution in [-0.4, -0.2) is 27.8 Å². The fourth-order valence-electron chi connectivity index (χ4n) is 0.924. The monoisotopic (exact) mass is 185 g/mol. The van der Waals surface area contributed by atoms with E-state index in [0.717, 1.165) is 18.0 Å². The van der Waals surface area contributed by atoms with E-state index in [1.165, 1.54) is 5.75 Å². The lowest BCUT2D eigenvalue weighted by atomic mass is 10.5. The molecule has 0 aromatic carbocycles. The Labute approximate surface area is 77.5 Å². The molecule has 0 aliphatic carbocycles. The van der Waals surface area contributed by atoms with E-state index >= 15 is 0 Å². The quantitative estimate of drug-likeness (QED) is 0.706. The number of nitrogens with one attached hydrogen (secondary N) is 1. The molecule has 0 spiro atoms. The number of hydrogen-bond donors (Lipinski definition) is 1. The molecule has 0 atom stereocenters. The third-order valence-electron chi connectivity index (χ3n) is 1.48. The summed E-state index contributed by atoms with van der Waals surface area (Å²) < 4.78 is 1.80. The van der Waals surface area contributed by atoms with Gasteiger partial charge < -0.3 is 5.32 Å². The van der Waals surface area contributed by atoms with Gasteiger partial charge in [-0.15, -0.1) is 0 Å². The number of nitrogens with zero attached hydrogens (tertiary/aromatic N) is 2. The van der Waals surface area contributed by atoms with Crippen LogP contribution in [0.25, 0.3) is 0 Å². The zero-order chi connectivity index (χ0) is 8.81. The summed E-state index contributed by atoms with van der Waals surface area (Å²) in [6.07, 6.45) is 3.83. The molecule has 3 nitrogen and oxygen atoms in total. The van der Waals surface area contributed by atoms with Crippen LogP contribution in [0.2, 0.25) is 0 Å². The Hall–Kier alpha value is -0.640. The van der Waals surface area contributed by atoms with Crippen LogP contribution in [0.4, 0.5) is 5.69 Å². The average Bonchev–Trinajstić information content (AvgIpc) is 2.45. The molecule has 68 valence electrons. The maximum atomic E-state index is 4.06. The Morgan fingerprint density at radius 3 is 3.08 bits per heavy atom. The van der Waals surface area contributed by atoms with Crippen molar-refractivity contribution in [2.24, 2.45) is 7.05 Å². The van der Waals surface area contributed by atoms with Crippen LogP contribution in [0.15, 0.2) is 12.4 Å². The first kappa shape index (κ1) is 9.45. The van der Waals surface area contributed by atoms with E-state index in [9.17, 15) is 0 Å². The van der Waals surface area contributed by atoms with Crippen LogP contribution >= 0.6 is 11.8 Å². The molecular formula is C8H15N3S. The Morgan fingerprint density at radius 2 is 2.50 bits per heavy atom. The van der Waals surface area contributed by atoms with Crippen molar-refractivity contribution < 1.29 is 0 Å². The molecule has 1 heterocycles. The predicted octanol–water partition coefficient (Wildman–Crippen LogP) is 1.59. The third-order valence-corrected chi connectivity index (χ3v) is 2.39. The van der Waals surface area contributed by atoms with Gasteiger partial charge in [0.25, 0.3) is 0 Å². The van der Waals surface area contributed by atoms with E-state index < -0.39 is 0 Å². The van der Waals surface area contributed by atoms with Gasteiger partial charge in [0.2, 0.25) is 0 Å². The second-order valence-corrected chi connectivity index (χ2v) is 3.92. The van der Waals surface area contributed by atoms with E-state index in [1.54, 1.807) is 4.68 Å². The van der Waals surface area contributed by atoms with E-state index in [2.05, 4.69) is 17.3 Å². The Kier molecular flexibility index (Phi) is 4.00. The minimum absolute atomic E-state index is 1.02. The predicted molar refractivity (Wildman–Crippen MR) is 54.7 cm³/mol. The van der Waals surface area contributed by atoms with Crippen molar-refractivity contribution in [3.8, 4) is 0 Å². The summed E-state index contributed by atoms with van der Waals surface area (Å²) in [6, 6.07) is 0. The molecule has 0 bridgehead atoms. The zero-order valence-electron chi connectivity index (χ0n) is 7.58. The number of thioether (sulfide) groups is 1. The molecule has 1 aromatic heterocycles. The molecule has 0 radical (unpaired) electrons. The highest BCUT2D eigenvalue weighted by Crippen LogP contribution is 2.04. The zero-order valence-corrected chi connectivity index (χ0v) is 8.40. The van der Waals surface area contributed by atoms with E-state index in [4.69, 9.17) is 0 Å². The molecule has 0 saturated heterocycles. The van der Waals surface area contributed by atoms with Gasteiger partial charge in [-0.2, -0.15) is 16.9 Å². The largest absolute Gasteiger partial charge is 0.382 e. The van der Waals surface area contributed by atoms with Crippen LogP contribution in [-0.2, 0) is 7.05 Å². The average molecular weight is 185 g/mol. The molecular weight excluding hydrogens is 170 g/mol. The van der Waals surface area contributed by atoms with Crippen LogP contribution in [0, 0.1) is 0 Å². The van der Waals surface area contributed by atoms with Gasteiger partial charge in [-0.05, 0) is 5.75 Å². The standard InChI is InChI=1S/C8H15N3S/c1-3-12-5-4-9-8-6-10-11(2)7-8/h6-7,9H,3-5H2,1-2H3. The molecule has 1 rings (SSSR count). The van der Waals surface area contributed by atoms with Crippen LogP contribution < -0.4 is 5.32 Å². The molecule has 4 heteroatoms. The molecule has 1 aromatic rings. The molecule has 1 N–H and O–H groups in total. The molecule has 0 amide bonds. The van der Waals surface area contributed by atoms with Gasteiger partial charge in [0.15, 0.2) is 0 Å². The van der Waals surface area contributed by atoms with Gasteiger partial charge in [-0.25, -0.2) is 0 Å². The maximum absolute atomic E-state index is 4.06. The number of aryl methyl sites for hydroxylation is 1. The maximum Gasteiger partial charge on any atom is 0.0726 e. The van der Waals surface area contributed by atoms with Crippen molar-refractivity contribution in [2.75, 3.05) is 23.4 Å². The van der Waals surface area contributed by atoms with Crippen LogP contribution in [0.5, 0.6) is 0 Å². The highest BCUT2D eigenvalue weighted by atomic mass is 32.2. The second-order valence-electron chi connectivity index (χ2n) is 2.53. The van der Waals surface area contributed by atoms with Gasteiger partial charge in [0, 0.05) is 25.5 Å². The molecule has 0 aliphatic heterocycles. The number of rotatable bonds is 5. The van der Waals surface area contributed by atoms with Gasteiger partial charge in [0.1, 0.15) is 0 Å². The summed E-state index contributed by atoms with van der Waals surface area (Å²) in [5, 5.41) is 7.36. The molecule has 12 heavy (non-hydrogen) atoms. The summed E-state index contributed by atoms with van der Waals surface area (Å²) in [5.41, 5.74) is 1.11. The summed E-state index contributed by atoms with van der Waals surface area (Å²) in [6.45, 7) is 3.19. The first-order chi connectivity index (χ1) is 5.83. The topological polar surface area (TPSA) is 29.9 Å². The highest BCUT2D eigenvalue weighted by molar-refractivity contribution is 7.99. The van der Waals surface area contributed by atoms with Crippen molar-refractivity contribution in [1.29, 1.82) is 0 Å². The normalized spacial score (nSPS) is 10.2. The van der Waals surface area contributed by atoms with Crippen LogP contribution in [0.3, 0.4) is 0 Å². The summed E-state index contributed by atoms with van der Waals surface area (Å²) in [7, 11) is 1.92. The Balaban J connectivity index is 2.15. The van der Waals surface area contributed by atoms with E-state index in [1.807, 2.05) is 31.2 Å². The van der Waals surface area contributed by atoms with Crippen molar-refractivity contribution in [2.45, 2.75) is 6.92 Å². The number of anilines is 1. The SMILES string of the molecule is CCSCCNc1cnn(C)c1. The van der Waals surface area contributed by atoms with Crippen molar-refractivity contribution in [1.82, 2.24) is 9.78 Å². The van der Waals surface area contributed by atoms with Gasteiger partial charge in [-0.3, -0.25) is 4.68 Å². The van der Waals surface area contributed by atoms with Gasteiger partial charge in [0.05, 0.1) is 11.9 Å². The van der Waals surface area contributed by atoms with Crippen molar-refractivity contribution >= 4 is 17.4 Å². The van der Waals surface area contributed by atoms with Crippen LogP contribution in [0.1, 0.15) is 6.92 Å². The molecule has 0 unspecified atom stereocenters. The third kappa shape index (κ3) is 3.17. The minimum atomic E-state index is 1.02. The first-order valence-electron chi connectivity index (χ1n) is 4.13. The smallest absolute Gasteiger partial charge is 0.0726 e. The lowest BCUT2D eigenvalue weighted by Gasteiger charge is -2.00. The molecule has 0 aliphatic rings. The van der Waals surface area contributed by atoms with E-state index in [0.29, 0.717) is 0 Å². The second kappa shape index (κ2) is 5.09. The summed E-state index contributed by atoms with van der Waals surface area (Å²) in [5.74, 6) is 2.35. The summed E-state index contributed by atoms with van der Waals surface area (Å²) in [4.78, 5) is 0. The fraction of sp³-hybridized carbons (Fsp3) is 0.625. The first-order valence-corrected chi connectivity index (χ1v) is 5.28.